The fraction of sp³-hybridized carbons (Fsp3) is 0. The van der Waals surface area contributed by atoms with Gasteiger partial charge in [-0.05, 0) is 0 Å². The van der Waals surface area contributed by atoms with Crippen LogP contribution in [0.4, 0.5) is 0 Å². The quantitative estimate of drug-likeness (QED) is 0.650. The van der Waals surface area contributed by atoms with E-state index in [1.54, 1.807) is 12.4 Å². The normalized spacial score (nSPS) is 10.8. The smallest absolute Gasteiger partial charge is 0.115 e. The van der Waals surface area contributed by atoms with E-state index in [-0.39, 0.29) is 0 Å². The molecule has 0 amide bonds. The van der Waals surface area contributed by atoms with Crippen molar-refractivity contribution >= 4 is 23.2 Å². The second-order valence-corrected chi connectivity index (χ2v) is 4.62. The molecule has 4 heteroatoms. The van der Waals surface area contributed by atoms with E-state index >= 15 is 0 Å². The van der Waals surface area contributed by atoms with Crippen LogP contribution < -0.4 is 0 Å². The lowest BCUT2D eigenvalue weighted by atomic mass is 10.2. The van der Waals surface area contributed by atoms with Crippen molar-refractivity contribution in [3.05, 3.63) is 59.1 Å². The fourth-order valence-corrected chi connectivity index (χ4v) is 2.76. The van der Waals surface area contributed by atoms with Gasteiger partial charge >= 0.3 is 0 Å². The maximum absolute atomic E-state index is 6.42. The fourth-order valence-electron chi connectivity index (χ4n) is 1.98. The van der Waals surface area contributed by atoms with Gasteiger partial charge in [0.25, 0.3) is 0 Å². The Morgan fingerprint density at radius 1 is 0.778 bits per heavy atom. The average molecular weight is 275 g/mol. The summed E-state index contributed by atoms with van der Waals surface area (Å²) in [5.74, 6) is 0. The highest BCUT2D eigenvalue weighted by molar-refractivity contribution is 6.44. The zero-order valence-corrected chi connectivity index (χ0v) is 10.8. The Hall–Kier alpha value is -1.64. The lowest BCUT2D eigenvalue weighted by Gasteiger charge is -1.98. The van der Waals surface area contributed by atoms with Crippen LogP contribution in [0.2, 0.25) is 10.0 Å². The molecule has 2 aliphatic rings. The zero-order valence-electron chi connectivity index (χ0n) is 9.27. The molecule has 1 aromatic rings. The Morgan fingerprint density at radius 3 is 1.89 bits per heavy atom. The highest BCUT2D eigenvalue weighted by Crippen LogP contribution is 2.47. The molecule has 2 nitrogen and oxygen atoms in total. The molecule has 0 radical (unpaired) electrons. The van der Waals surface area contributed by atoms with Crippen LogP contribution in [-0.4, -0.2) is 9.97 Å². The summed E-state index contributed by atoms with van der Waals surface area (Å²) < 4.78 is 0. The Morgan fingerprint density at radius 2 is 1.33 bits per heavy atom. The first-order valence-corrected chi connectivity index (χ1v) is 6.15. The summed E-state index contributed by atoms with van der Waals surface area (Å²) in [5, 5.41) is 1.28. The van der Waals surface area contributed by atoms with Crippen LogP contribution in [0.5, 0.6) is 0 Å². The van der Waals surface area contributed by atoms with Crippen LogP contribution in [0, 0.1) is 0 Å². The molecule has 0 spiro atoms. The molecular formula is C14H8Cl2N2. The minimum Gasteiger partial charge on any atom is -0.244 e. The molecule has 88 valence electrons. The molecule has 1 heterocycles. The van der Waals surface area contributed by atoms with Crippen molar-refractivity contribution in [2.45, 2.75) is 0 Å². The summed E-state index contributed by atoms with van der Waals surface area (Å²) in [5.41, 5.74) is 3.49. The maximum atomic E-state index is 6.42. The molecule has 0 atom stereocenters. The van der Waals surface area contributed by atoms with Gasteiger partial charge in [-0.1, -0.05) is 53.5 Å². The minimum atomic E-state index is 0.640. The topological polar surface area (TPSA) is 25.8 Å². The first-order valence-electron chi connectivity index (χ1n) is 5.40. The highest BCUT2D eigenvalue weighted by atomic mass is 35.5. The van der Waals surface area contributed by atoms with Gasteiger partial charge in [-0.2, -0.15) is 0 Å². The molecule has 0 aliphatic heterocycles. The monoisotopic (exact) mass is 274 g/mol. The van der Waals surface area contributed by atoms with Crippen molar-refractivity contribution < 1.29 is 0 Å². The number of nitrogens with zero attached hydrogens (tertiary/aromatic N) is 2. The second-order valence-electron chi connectivity index (χ2n) is 3.87. The number of halogens is 2. The van der Waals surface area contributed by atoms with Gasteiger partial charge in [-0.3, -0.25) is 0 Å². The number of hydrogen-bond donors (Lipinski definition) is 0. The molecule has 0 fully saturated rings. The SMILES string of the molecule is Clc1c2cccccc-2c(Cl)c1-c1cncnc1. The Balaban J connectivity index is 2.35. The minimum absolute atomic E-state index is 0.640. The molecular weight excluding hydrogens is 267 g/mol. The largest absolute Gasteiger partial charge is 0.244 e. The van der Waals surface area contributed by atoms with E-state index in [2.05, 4.69) is 9.97 Å². The number of hydrogen-bond acceptors (Lipinski definition) is 2. The van der Waals surface area contributed by atoms with Gasteiger partial charge in [0.1, 0.15) is 6.33 Å². The van der Waals surface area contributed by atoms with Crippen LogP contribution in [-0.2, 0) is 0 Å². The van der Waals surface area contributed by atoms with Gasteiger partial charge in [-0.15, -0.1) is 0 Å². The first-order chi connectivity index (χ1) is 8.79. The van der Waals surface area contributed by atoms with E-state index in [0.29, 0.717) is 10.0 Å². The van der Waals surface area contributed by atoms with Crippen LogP contribution in [0.3, 0.4) is 0 Å². The van der Waals surface area contributed by atoms with Crippen molar-refractivity contribution in [1.82, 2.24) is 9.97 Å². The summed E-state index contributed by atoms with van der Waals surface area (Å²) in [6.45, 7) is 0. The molecule has 0 saturated carbocycles. The zero-order chi connectivity index (χ0) is 12.5. The molecule has 0 N–H and O–H groups in total. The van der Waals surface area contributed by atoms with Crippen molar-refractivity contribution in [3.63, 3.8) is 0 Å². The van der Waals surface area contributed by atoms with E-state index < -0.39 is 0 Å². The summed E-state index contributed by atoms with van der Waals surface area (Å²) in [7, 11) is 0. The highest BCUT2D eigenvalue weighted by Gasteiger charge is 2.21. The van der Waals surface area contributed by atoms with Crippen LogP contribution in [0.15, 0.2) is 49.1 Å². The van der Waals surface area contributed by atoms with Gasteiger partial charge < -0.3 is 0 Å². The van der Waals surface area contributed by atoms with Gasteiger partial charge in [0, 0.05) is 34.6 Å². The van der Waals surface area contributed by atoms with Crippen LogP contribution in [0.1, 0.15) is 0 Å². The molecule has 0 bridgehead atoms. The lowest BCUT2D eigenvalue weighted by molar-refractivity contribution is 1.17. The van der Waals surface area contributed by atoms with Gasteiger partial charge in [0.2, 0.25) is 0 Å². The first kappa shape index (κ1) is 11.5. The van der Waals surface area contributed by atoms with E-state index in [1.165, 1.54) is 6.33 Å². The lowest BCUT2D eigenvalue weighted by Crippen LogP contribution is -1.80. The molecule has 2 aliphatic carbocycles. The third-order valence-corrected chi connectivity index (χ3v) is 3.58. The molecule has 0 aromatic carbocycles. The standard InChI is InChI=1S/C14H8Cl2N2/c15-13-10-4-2-1-3-5-11(10)14(16)12(13)9-6-17-8-18-7-9/h1-8H. The predicted molar refractivity (Wildman–Crippen MR) is 74.1 cm³/mol. The molecule has 1 aromatic heterocycles. The van der Waals surface area contributed by atoms with Gasteiger partial charge in [0.05, 0.1) is 10.0 Å². The molecule has 0 unspecified atom stereocenters. The van der Waals surface area contributed by atoms with E-state index in [0.717, 1.165) is 22.3 Å². The van der Waals surface area contributed by atoms with E-state index in [9.17, 15) is 0 Å². The van der Waals surface area contributed by atoms with Gasteiger partial charge in [-0.25, -0.2) is 9.97 Å². The third-order valence-electron chi connectivity index (χ3n) is 2.80. The summed E-state index contributed by atoms with van der Waals surface area (Å²) >= 11 is 12.8. The Kier molecular flexibility index (Phi) is 2.90. The van der Waals surface area contributed by atoms with Crippen molar-refractivity contribution in [1.29, 1.82) is 0 Å². The molecule has 3 rings (SSSR count). The Bertz CT molecular complexity index is 631. The number of fused-ring (bicyclic) bond motifs is 1. The summed E-state index contributed by atoms with van der Waals surface area (Å²) in [4.78, 5) is 7.99. The second kappa shape index (κ2) is 4.56. The Labute approximate surface area is 115 Å². The number of aromatic nitrogens is 2. The average Bonchev–Trinajstić information content (AvgIpc) is 2.60. The summed E-state index contributed by atoms with van der Waals surface area (Å²) in [6, 6.07) is 9.73. The van der Waals surface area contributed by atoms with Crippen LogP contribution in [0.25, 0.3) is 22.3 Å². The van der Waals surface area contributed by atoms with Crippen molar-refractivity contribution in [3.8, 4) is 22.3 Å². The van der Waals surface area contributed by atoms with Crippen molar-refractivity contribution in [2.75, 3.05) is 0 Å². The van der Waals surface area contributed by atoms with Crippen LogP contribution >= 0.6 is 23.2 Å². The van der Waals surface area contributed by atoms with Gasteiger partial charge in [0.15, 0.2) is 0 Å². The molecule has 18 heavy (non-hydrogen) atoms. The summed E-state index contributed by atoms with van der Waals surface area (Å²) in [6.07, 6.45) is 4.89. The maximum Gasteiger partial charge on any atom is 0.115 e. The van der Waals surface area contributed by atoms with Crippen molar-refractivity contribution in [2.24, 2.45) is 0 Å². The molecule has 0 saturated heterocycles. The van der Waals surface area contributed by atoms with E-state index in [1.807, 2.05) is 30.3 Å². The third kappa shape index (κ3) is 1.74. The predicted octanol–water partition coefficient (Wildman–Crippen LogP) is 4.56. The van der Waals surface area contributed by atoms with E-state index in [4.69, 9.17) is 23.2 Å². The number of rotatable bonds is 1.